The molecule has 0 radical (unpaired) electrons. The zero-order valence-corrected chi connectivity index (χ0v) is 16.0. The molecule has 6 heteroatoms. The molecule has 0 unspecified atom stereocenters. The van der Waals surface area contributed by atoms with Gasteiger partial charge in [0.2, 0.25) is 5.91 Å². The molecule has 2 aliphatic rings. The molecular formula is C21H26N4O2. The highest BCUT2D eigenvalue weighted by Crippen LogP contribution is 2.38. The first kappa shape index (κ1) is 17.8. The molecule has 1 saturated carbocycles. The summed E-state index contributed by atoms with van der Waals surface area (Å²) in [7, 11) is 0. The normalized spacial score (nSPS) is 17.3. The Morgan fingerprint density at radius 3 is 2.52 bits per heavy atom. The number of aromatic nitrogens is 2. The van der Waals surface area contributed by atoms with E-state index in [-0.39, 0.29) is 18.0 Å². The summed E-state index contributed by atoms with van der Waals surface area (Å²) in [5.74, 6) is 0.436. The van der Waals surface area contributed by atoms with Crippen LogP contribution in [0.3, 0.4) is 0 Å². The molecule has 1 aliphatic heterocycles. The van der Waals surface area contributed by atoms with Crippen LogP contribution in [-0.4, -0.2) is 46.8 Å². The molecule has 1 aromatic carbocycles. The third-order valence-electron chi connectivity index (χ3n) is 5.72. The second kappa shape index (κ2) is 7.18. The zero-order valence-electron chi connectivity index (χ0n) is 16.0. The van der Waals surface area contributed by atoms with Gasteiger partial charge in [0.1, 0.15) is 6.54 Å². The highest BCUT2D eigenvalue weighted by molar-refractivity contribution is 5.76. The lowest BCUT2D eigenvalue weighted by Crippen LogP contribution is -2.50. The number of piperazine rings is 1. The van der Waals surface area contributed by atoms with Crippen LogP contribution in [0.5, 0.6) is 0 Å². The highest BCUT2D eigenvalue weighted by Gasteiger charge is 2.27. The molecule has 2 aromatic rings. The fraction of sp³-hybridized carbons (Fsp3) is 0.476. The van der Waals surface area contributed by atoms with Gasteiger partial charge in [0.15, 0.2) is 0 Å². The number of anilines is 1. The summed E-state index contributed by atoms with van der Waals surface area (Å²) in [6.45, 7) is 7.25. The fourth-order valence-corrected chi connectivity index (χ4v) is 3.68. The van der Waals surface area contributed by atoms with E-state index in [0.717, 1.165) is 31.6 Å². The van der Waals surface area contributed by atoms with Crippen LogP contribution in [0.15, 0.2) is 35.1 Å². The van der Waals surface area contributed by atoms with Crippen molar-refractivity contribution in [2.45, 2.75) is 39.2 Å². The average molecular weight is 366 g/mol. The summed E-state index contributed by atoms with van der Waals surface area (Å²) in [6.07, 6.45) is 2.25. The number of hydrogen-bond acceptors (Lipinski definition) is 4. The van der Waals surface area contributed by atoms with Crippen molar-refractivity contribution in [3.05, 3.63) is 57.5 Å². The van der Waals surface area contributed by atoms with Crippen LogP contribution < -0.4 is 10.5 Å². The number of benzene rings is 1. The minimum atomic E-state index is -0.207. The Balaban J connectivity index is 1.40. The van der Waals surface area contributed by atoms with Crippen molar-refractivity contribution >= 4 is 11.6 Å². The van der Waals surface area contributed by atoms with Gasteiger partial charge in [0, 0.05) is 43.9 Å². The molecule has 0 spiro atoms. The molecule has 142 valence electrons. The van der Waals surface area contributed by atoms with E-state index in [4.69, 9.17) is 0 Å². The van der Waals surface area contributed by atoms with Gasteiger partial charge in [0.25, 0.3) is 5.56 Å². The summed E-state index contributed by atoms with van der Waals surface area (Å²) in [4.78, 5) is 28.9. The lowest BCUT2D eigenvalue weighted by atomic mass is 10.1. The van der Waals surface area contributed by atoms with Gasteiger partial charge >= 0.3 is 0 Å². The van der Waals surface area contributed by atoms with Gasteiger partial charge in [-0.25, -0.2) is 4.68 Å². The number of hydrogen-bond donors (Lipinski definition) is 0. The number of carbonyl (C=O) groups is 1. The van der Waals surface area contributed by atoms with Crippen LogP contribution in [0, 0.1) is 13.8 Å². The predicted octanol–water partition coefficient (Wildman–Crippen LogP) is 2.09. The Kier molecular flexibility index (Phi) is 4.72. The topological polar surface area (TPSA) is 58.4 Å². The third-order valence-corrected chi connectivity index (χ3v) is 5.72. The first-order chi connectivity index (χ1) is 13.0. The molecule has 1 saturated heterocycles. The maximum absolute atomic E-state index is 12.7. The van der Waals surface area contributed by atoms with Gasteiger partial charge in [-0.2, -0.15) is 5.10 Å². The molecule has 2 heterocycles. The van der Waals surface area contributed by atoms with Gasteiger partial charge in [-0.1, -0.05) is 12.1 Å². The molecular weight excluding hydrogens is 340 g/mol. The standard InChI is InChI=1S/C21H26N4O2/c1-15-4-3-5-19(16(15)2)23-10-12-24(13-11-23)21(27)14-25-20(26)9-8-18(22-25)17-6-7-17/h3-5,8-9,17H,6-7,10-14H2,1-2H3. The van der Waals surface area contributed by atoms with E-state index in [0.29, 0.717) is 19.0 Å². The first-order valence-electron chi connectivity index (χ1n) is 9.70. The van der Waals surface area contributed by atoms with Gasteiger partial charge < -0.3 is 9.80 Å². The third kappa shape index (κ3) is 3.75. The Morgan fingerprint density at radius 2 is 1.81 bits per heavy atom. The second-order valence-corrected chi connectivity index (χ2v) is 7.62. The average Bonchev–Trinajstić information content (AvgIpc) is 3.51. The minimum Gasteiger partial charge on any atom is -0.368 e. The van der Waals surface area contributed by atoms with Crippen molar-refractivity contribution < 1.29 is 4.79 Å². The summed E-state index contributed by atoms with van der Waals surface area (Å²) >= 11 is 0. The molecule has 0 atom stereocenters. The van der Waals surface area contributed by atoms with E-state index in [9.17, 15) is 9.59 Å². The van der Waals surface area contributed by atoms with Crippen molar-refractivity contribution in [2.24, 2.45) is 0 Å². The molecule has 0 N–H and O–H groups in total. The number of nitrogens with zero attached hydrogens (tertiary/aromatic N) is 4. The van der Waals surface area contributed by atoms with Crippen LogP contribution in [0.25, 0.3) is 0 Å². The van der Waals surface area contributed by atoms with Gasteiger partial charge in [-0.05, 0) is 49.9 Å². The lowest BCUT2D eigenvalue weighted by Gasteiger charge is -2.37. The van der Waals surface area contributed by atoms with Crippen molar-refractivity contribution in [3.8, 4) is 0 Å². The molecule has 1 amide bonds. The van der Waals surface area contributed by atoms with E-state index < -0.39 is 0 Å². The largest absolute Gasteiger partial charge is 0.368 e. The van der Waals surface area contributed by atoms with Crippen molar-refractivity contribution in [1.82, 2.24) is 14.7 Å². The Morgan fingerprint density at radius 1 is 1.07 bits per heavy atom. The van der Waals surface area contributed by atoms with Crippen LogP contribution in [0.1, 0.15) is 35.6 Å². The van der Waals surface area contributed by atoms with Crippen molar-refractivity contribution in [3.63, 3.8) is 0 Å². The predicted molar refractivity (Wildman–Crippen MR) is 105 cm³/mol. The van der Waals surface area contributed by atoms with E-state index >= 15 is 0 Å². The fourth-order valence-electron chi connectivity index (χ4n) is 3.68. The SMILES string of the molecule is Cc1cccc(N2CCN(C(=O)Cn3nc(C4CC4)ccc3=O)CC2)c1C. The Bertz CT molecular complexity index is 909. The van der Waals surface area contributed by atoms with Crippen LogP contribution in [0.4, 0.5) is 5.69 Å². The number of carbonyl (C=O) groups excluding carboxylic acids is 1. The van der Waals surface area contributed by atoms with E-state index in [1.54, 1.807) is 6.07 Å². The number of aryl methyl sites for hydroxylation is 1. The lowest BCUT2D eigenvalue weighted by molar-refractivity contribution is -0.132. The zero-order chi connectivity index (χ0) is 19.0. The number of rotatable bonds is 4. The van der Waals surface area contributed by atoms with Crippen molar-refractivity contribution in [1.29, 1.82) is 0 Å². The summed E-state index contributed by atoms with van der Waals surface area (Å²) in [6, 6.07) is 9.68. The molecule has 1 aromatic heterocycles. The maximum Gasteiger partial charge on any atom is 0.267 e. The van der Waals surface area contributed by atoms with E-state index in [1.165, 1.54) is 27.6 Å². The van der Waals surface area contributed by atoms with Gasteiger partial charge in [-0.15, -0.1) is 0 Å². The summed E-state index contributed by atoms with van der Waals surface area (Å²) < 4.78 is 1.33. The molecule has 2 fully saturated rings. The first-order valence-corrected chi connectivity index (χ1v) is 9.70. The summed E-state index contributed by atoms with van der Waals surface area (Å²) in [5, 5.41) is 4.40. The van der Waals surface area contributed by atoms with Crippen molar-refractivity contribution in [2.75, 3.05) is 31.1 Å². The summed E-state index contributed by atoms with van der Waals surface area (Å²) in [5.41, 5.74) is 4.55. The molecule has 4 rings (SSSR count). The van der Waals surface area contributed by atoms with E-state index in [2.05, 4.69) is 42.0 Å². The monoisotopic (exact) mass is 366 g/mol. The maximum atomic E-state index is 12.7. The quantitative estimate of drug-likeness (QED) is 0.831. The van der Waals surface area contributed by atoms with Gasteiger partial charge in [-0.3, -0.25) is 9.59 Å². The Labute approximate surface area is 159 Å². The molecule has 6 nitrogen and oxygen atoms in total. The highest BCUT2D eigenvalue weighted by atomic mass is 16.2. The smallest absolute Gasteiger partial charge is 0.267 e. The number of amides is 1. The van der Waals surface area contributed by atoms with Crippen LogP contribution in [0.2, 0.25) is 0 Å². The molecule has 27 heavy (non-hydrogen) atoms. The van der Waals surface area contributed by atoms with Crippen LogP contribution >= 0.6 is 0 Å². The molecule has 0 bridgehead atoms. The van der Waals surface area contributed by atoms with E-state index in [1.807, 2.05) is 4.90 Å². The van der Waals surface area contributed by atoms with Gasteiger partial charge in [0.05, 0.1) is 5.69 Å². The minimum absolute atomic E-state index is 0.0295. The molecule has 1 aliphatic carbocycles. The Hall–Kier alpha value is -2.63. The van der Waals surface area contributed by atoms with Crippen LogP contribution in [-0.2, 0) is 11.3 Å². The second-order valence-electron chi connectivity index (χ2n) is 7.62.